The predicted molar refractivity (Wildman–Crippen MR) is 114 cm³/mol. The molecule has 148 valence electrons. The van der Waals surface area contributed by atoms with Crippen molar-refractivity contribution in [1.82, 2.24) is 10.2 Å². The Morgan fingerprint density at radius 2 is 1.74 bits per heavy atom. The molecule has 5 nitrogen and oxygen atoms in total. The van der Waals surface area contributed by atoms with Crippen LogP contribution in [0.15, 0.2) is 48.5 Å². The Labute approximate surface area is 177 Å². The van der Waals surface area contributed by atoms with Crippen molar-refractivity contribution in [3.05, 3.63) is 64.7 Å². The van der Waals surface area contributed by atoms with Crippen LogP contribution in [0.5, 0.6) is 0 Å². The number of para-hydroxylation sites is 1. The van der Waals surface area contributed by atoms with E-state index in [9.17, 15) is 4.79 Å². The van der Waals surface area contributed by atoms with Crippen LogP contribution in [0.2, 0.25) is 5.02 Å². The number of nitrogen functional groups attached to an aromatic ring is 1. The Balaban J connectivity index is 0.00000182. The molecule has 1 heterocycles. The monoisotopic (exact) mass is 431 g/mol. The van der Waals surface area contributed by atoms with Crippen LogP contribution in [-0.2, 0) is 4.74 Å². The van der Waals surface area contributed by atoms with Gasteiger partial charge in [0.15, 0.2) is 0 Å². The Bertz CT molecular complexity index is 722. The van der Waals surface area contributed by atoms with Gasteiger partial charge in [0, 0.05) is 30.3 Å². The summed E-state index contributed by atoms with van der Waals surface area (Å²) in [4.78, 5) is 14.8. The molecule has 1 fully saturated rings. The third kappa shape index (κ3) is 6.26. The molecule has 27 heavy (non-hydrogen) atoms. The van der Waals surface area contributed by atoms with Gasteiger partial charge in [-0.3, -0.25) is 9.69 Å². The number of nitrogens with one attached hydrogen (secondary N) is 1. The van der Waals surface area contributed by atoms with Crippen molar-refractivity contribution in [1.29, 1.82) is 0 Å². The first-order valence-corrected chi connectivity index (χ1v) is 8.73. The third-order valence-electron chi connectivity index (χ3n) is 4.40. The minimum Gasteiger partial charge on any atom is -0.398 e. The number of nitrogens with two attached hydrogens (primary N) is 1. The van der Waals surface area contributed by atoms with Crippen molar-refractivity contribution < 1.29 is 9.53 Å². The molecule has 0 spiro atoms. The molecule has 8 heteroatoms. The fourth-order valence-electron chi connectivity index (χ4n) is 3.02. The van der Waals surface area contributed by atoms with Gasteiger partial charge >= 0.3 is 0 Å². The maximum atomic E-state index is 12.5. The SMILES string of the molecule is Cl.Cl.Nc1ccccc1C(=O)NCC(c1ccc(Cl)cc1)N1CCOCC1. The van der Waals surface area contributed by atoms with Crippen LogP contribution < -0.4 is 11.1 Å². The number of anilines is 1. The summed E-state index contributed by atoms with van der Waals surface area (Å²) in [7, 11) is 0. The normalized spacial score (nSPS) is 15.1. The first-order chi connectivity index (χ1) is 12.1. The van der Waals surface area contributed by atoms with Crippen LogP contribution in [0.3, 0.4) is 0 Å². The highest BCUT2D eigenvalue weighted by Crippen LogP contribution is 2.23. The summed E-state index contributed by atoms with van der Waals surface area (Å²) >= 11 is 6.01. The molecular formula is C19H24Cl3N3O2. The number of rotatable bonds is 5. The van der Waals surface area contributed by atoms with Crippen LogP contribution in [0.1, 0.15) is 22.0 Å². The lowest BCUT2D eigenvalue weighted by atomic mass is 10.0. The summed E-state index contributed by atoms with van der Waals surface area (Å²) < 4.78 is 5.45. The highest BCUT2D eigenvalue weighted by Gasteiger charge is 2.23. The number of carbonyl (C=O) groups is 1. The molecule has 0 radical (unpaired) electrons. The van der Waals surface area contributed by atoms with E-state index in [0.717, 1.165) is 18.7 Å². The molecule has 2 aromatic rings. The molecule has 1 saturated heterocycles. The van der Waals surface area contributed by atoms with E-state index < -0.39 is 0 Å². The van der Waals surface area contributed by atoms with Gasteiger partial charge in [0.05, 0.1) is 24.8 Å². The second-order valence-electron chi connectivity index (χ2n) is 6.01. The Morgan fingerprint density at radius 1 is 1.11 bits per heavy atom. The molecule has 1 aliphatic heterocycles. The van der Waals surface area contributed by atoms with Crippen molar-refractivity contribution in [2.45, 2.75) is 6.04 Å². The van der Waals surface area contributed by atoms with Crippen LogP contribution >= 0.6 is 36.4 Å². The number of morpholine rings is 1. The second kappa shape index (κ2) is 11.4. The van der Waals surface area contributed by atoms with Gasteiger partial charge < -0.3 is 15.8 Å². The second-order valence-corrected chi connectivity index (χ2v) is 6.45. The van der Waals surface area contributed by atoms with E-state index in [2.05, 4.69) is 10.2 Å². The van der Waals surface area contributed by atoms with Crippen LogP contribution in [-0.4, -0.2) is 43.7 Å². The number of halogens is 3. The summed E-state index contributed by atoms with van der Waals surface area (Å²) in [5.41, 5.74) is 7.99. The van der Waals surface area contributed by atoms with Crippen molar-refractivity contribution in [2.24, 2.45) is 0 Å². The molecule has 3 rings (SSSR count). The van der Waals surface area contributed by atoms with Gasteiger partial charge in [-0.15, -0.1) is 24.8 Å². The minimum atomic E-state index is -0.162. The predicted octanol–water partition coefficient (Wildman–Crippen LogP) is 3.57. The first-order valence-electron chi connectivity index (χ1n) is 8.35. The highest BCUT2D eigenvalue weighted by atomic mass is 35.5. The van der Waals surface area contributed by atoms with Gasteiger partial charge in [-0.2, -0.15) is 0 Å². The largest absolute Gasteiger partial charge is 0.398 e. The van der Waals surface area contributed by atoms with E-state index in [1.807, 2.05) is 36.4 Å². The molecule has 3 N–H and O–H groups in total. The maximum absolute atomic E-state index is 12.5. The fourth-order valence-corrected chi connectivity index (χ4v) is 3.15. The van der Waals surface area contributed by atoms with Crippen molar-refractivity contribution >= 4 is 48.0 Å². The van der Waals surface area contributed by atoms with Crippen LogP contribution in [0, 0.1) is 0 Å². The van der Waals surface area contributed by atoms with Crippen LogP contribution in [0.25, 0.3) is 0 Å². The van der Waals surface area contributed by atoms with E-state index in [1.54, 1.807) is 12.1 Å². The molecule has 1 unspecified atom stereocenters. The number of nitrogens with zero attached hydrogens (tertiary/aromatic N) is 1. The Hall–Kier alpha value is -1.50. The van der Waals surface area contributed by atoms with E-state index >= 15 is 0 Å². The lowest BCUT2D eigenvalue weighted by molar-refractivity contribution is 0.0162. The summed E-state index contributed by atoms with van der Waals surface area (Å²) in [6, 6.07) is 14.9. The number of hydrogen-bond donors (Lipinski definition) is 2. The molecule has 1 aliphatic rings. The van der Waals surface area contributed by atoms with E-state index in [-0.39, 0.29) is 36.8 Å². The average Bonchev–Trinajstić information content (AvgIpc) is 2.64. The van der Waals surface area contributed by atoms with Crippen molar-refractivity contribution in [3.63, 3.8) is 0 Å². The van der Waals surface area contributed by atoms with Gasteiger partial charge in [0.25, 0.3) is 5.91 Å². The molecule has 0 aliphatic carbocycles. The lowest BCUT2D eigenvalue weighted by Crippen LogP contribution is -2.43. The summed E-state index contributed by atoms with van der Waals surface area (Å²) in [5, 5.41) is 3.72. The van der Waals surface area contributed by atoms with Crippen LogP contribution in [0.4, 0.5) is 5.69 Å². The topological polar surface area (TPSA) is 67.6 Å². The van der Waals surface area contributed by atoms with Gasteiger partial charge in [-0.05, 0) is 29.8 Å². The average molecular weight is 433 g/mol. The van der Waals surface area contributed by atoms with E-state index in [4.69, 9.17) is 22.1 Å². The maximum Gasteiger partial charge on any atom is 0.253 e. The van der Waals surface area contributed by atoms with E-state index in [0.29, 0.717) is 36.0 Å². The molecule has 1 atom stereocenters. The van der Waals surface area contributed by atoms with E-state index in [1.165, 1.54) is 0 Å². The molecule has 0 bridgehead atoms. The zero-order valence-electron chi connectivity index (χ0n) is 14.8. The fraction of sp³-hybridized carbons (Fsp3) is 0.316. The molecule has 0 aromatic heterocycles. The lowest BCUT2D eigenvalue weighted by Gasteiger charge is -2.35. The number of amides is 1. The van der Waals surface area contributed by atoms with Crippen molar-refractivity contribution in [2.75, 3.05) is 38.6 Å². The molecule has 1 amide bonds. The smallest absolute Gasteiger partial charge is 0.253 e. The number of carbonyl (C=O) groups excluding carboxylic acids is 1. The zero-order chi connectivity index (χ0) is 17.6. The standard InChI is InChI=1S/C19H22ClN3O2.2ClH/c20-15-7-5-14(6-8-15)18(23-9-11-25-12-10-23)13-22-19(24)16-3-1-2-4-17(16)21;;/h1-8,18H,9-13,21H2,(H,22,24);2*1H. The van der Waals surface area contributed by atoms with Gasteiger partial charge in [0.2, 0.25) is 0 Å². The molecular weight excluding hydrogens is 409 g/mol. The molecule has 0 saturated carbocycles. The quantitative estimate of drug-likeness (QED) is 0.709. The van der Waals surface area contributed by atoms with Gasteiger partial charge in [-0.1, -0.05) is 35.9 Å². The third-order valence-corrected chi connectivity index (χ3v) is 4.65. The first kappa shape index (κ1) is 23.5. The van der Waals surface area contributed by atoms with Crippen molar-refractivity contribution in [3.8, 4) is 0 Å². The number of ether oxygens (including phenoxy) is 1. The zero-order valence-corrected chi connectivity index (χ0v) is 17.2. The van der Waals surface area contributed by atoms with Gasteiger partial charge in [0.1, 0.15) is 0 Å². The summed E-state index contributed by atoms with van der Waals surface area (Å²) in [6.45, 7) is 3.55. The Morgan fingerprint density at radius 3 is 2.37 bits per heavy atom. The number of hydrogen-bond acceptors (Lipinski definition) is 4. The highest BCUT2D eigenvalue weighted by molar-refractivity contribution is 6.30. The molecule has 2 aromatic carbocycles. The van der Waals surface area contributed by atoms with Gasteiger partial charge in [-0.25, -0.2) is 0 Å². The summed E-state index contributed by atoms with van der Waals surface area (Å²) in [5.74, 6) is -0.162. The summed E-state index contributed by atoms with van der Waals surface area (Å²) in [6.07, 6.45) is 0. The number of benzene rings is 2. The Kier molecular flexibility index (Phi) is 9.91. The minimum absolute atomic E-state index is 0.